The van der Waals surface area contributed by atoms with Gasteiger partial charge in [0, 0.05) is 19.6 Å². The summed E-state index contributed by atoms with van der Waals surface area (Å²) in [5.41, 5.74) is 1.27. The molecule has 2 N–H and O–H groups in total. The van der Waals surface area contributed by atoms with Gasteiger partial charge in [-0.2, -0.15) is 0 Å². The summed E-state index contributed by atoms with van der Waals surface area (Å²) in [6.45, 7) is 0.827. The van der Waals surface area contributed by atoms with E-state index in [-0.39, 0.29) is 0 Å². The monoisotopic (exact) mass is 203 g/mol. The minimum atomic E-state index is 0.645. The van der Waals surface area contributed by atoms with E-state index in [1.165, 1.54) is 18.4 Å². The molecule has 0 aliphatic heterocycles. The minimum absolute atomic E-state index is 0.645. The van der Waals surface area contributed by atoms with Crippen molar-refractivity contribution in [2.24, 2.45) is 4.99 Å². The number of benzene rings is 1. The van der Waals surface area contributed by atoms with E-state index in [4.69, 9.17) is 0 Å². The Balaban J connectivity index is 1.80. The summed E-state index contributed by atoms with van der Waals surface area (Å²) in [6, 6.07) is 11.0. The molecule has 3 nitrogen and oxygen atoms in total. The van der Waals surface area contributed by atoms with E-state index in [1.54, 1.807) is 0 Å². The van der Waals surface area contributed by atoms with Crippen LogP contribution in [-0.4, -0.2) is 19.0 Å². The number of nitrogens with one attached hydrogen (secondary N) is 2. The van der Waals surface area contributed by atoms with Crippen molar-refractivity contribution in [3.63, 3.8) is 0 Å². The molecule has 0 radical (unpaired) electrons. The van der Waals surface area contributed by atoms with Crippen LogP contribution in [0.15, 0.2) is 35.3 Å². The summed E-state index contributed by atoms with van der Waals surface area (Å²) in [5.74, 6) is 0.904. The van der Waals surface area contributed by atoms with Crippen molar-refractivity contribution in [2.75, 3.05) is 7.05 Å². The topological polar surface area (TPSA) is 36.4 Å². The molecule has 0 spiro atoms. The van der Waals surface area contributed by atoms with Gasteiger partial charge in [-0.25, -0.2) is 0 Å². The van der Waals surface area contributed by atoms with Crippen LogP contribution in [0, 0.1) is 0 Å². The van der Waals surface area contributed by atoms with Crippen molar-refractivity contribution in [1.82, 2.24) is 10.6 Å². The third-order valence-electron chi connectivity index (χ3n) is 2.44. The number of aliphatic imine (C=N–C) groups is 1. The zero-order chi connectivity index (χ0) is 10.5. The lowest BCUT2D eigenvalue weighted by Crippen LogP contribution is -2.37. The number of nitrogens with zero attached hydrogens (tertiary/aromatic N) is 1. The molecule has 2 rings (SSSR count). The lowest BCUT2D eigenvalue weighted by atomic mass is 10.2. The van der Waals surface area contributed by atoms with Crippen LogP contribution in [0.25, 0.3) is 0 Å². The normalized spacial score (nSPS) is 16.2. The molecule has 0 atom stereocenters. The van der Waals surface area contributed by atoms with Crippen LogP contribution in [0.3, 0.4) is 0 Å². The second-order valence-electron chi connectivity index (χ2n) is 3.83. The largest absolute Gasteiger partial charge is 0.354 e. The molecule has 0 saturated heterocycles. The zero-order valence-corrected chi connectivity index (χ0v) is 9.03. The lowest BCUT2D eigenvalue weighted by Gasteiger charge is -2.10. The van der Waals surface area contributed by atoms with Gasteiger partial charge in [0.1, 0.15) is 0 Å². The second kappa shape index (κ2) is 4.82. The van der Waals surface area contributed by atoms with Crippen LogP contribution in [0.2, 0.25) is 0 Å². The SMILES string of the molecule is CN=C(NCc1ccccc1)NC1CC1. The Bertz CT molecular complexity index is 328. The predicted octanol–water partition coefficient (Wildman–Crippen LogP) is 1.51. The van der Waals surface area contributed by atoms with Gasteiger partial charge in [0.15, 0.2) is 5.96 Å². The molecule has 1 fully saturated rings. The first-order valence-electron chi connectivity index (χ1n) is 5.39. The van der Waals surface area contributed by atoms with Crippen molar-refractivity contribution < 1.29 is 0 Å². The quantitative estimate of drug-likeness (QED) is 0.577. The fourth-order valence-electron chi connectivity index (χ4n) is 1.40. The highest BCUT2D eigenvalue weighted by molar-refractivity contribution is 5.80. The first-order chi connectivity index (χ1) is 7.38. The Morgan fingerprint density at radius 1 is 1.33 bits per heavy atom. The molecule has 3 heteroatoms. The maximum Gasteiger partial charge on any atom is 0.191 e. The van der Waals surface area contributed by atoms with Gasteiger partial charge in [0.25, 0.3) is 0 Å². The molecule has 15 heavy (non-hydrogen) atoms. The highest BCUT2D eigenvalue weighted by atomic mass is 15.2. The molecule has 0 aromatic heterocycles. The van der Waals surface area contributed by atoms with Gasteiger partial charge in [-0.05, 0) is 18.4 Å². The molecule has 1 saturated carbocycles. The van der Waals surface area contributed by atoms with Gasteiger partial charge in [-0.15, -0.1) is 0 Å². The second-order valence-corrected chi connectivity index (χ2v) is 3.83. The van der Waals surface area contributed by atoms with Gasteiger partial charge in [0.05, 0.1) is 0 Å². The number of guanidine groups is 1. The molecule has 1 aromatic rings. The van der Waals surface area contributed by atoms with Gasteiger partial charge >= 0.3 is 0 Å². The number of hydrogen-bond donors (Lipinski definition) is 2. The summed E-state index contributed by atoms with van der Waals surface area (Å²) in [7, 11) is 1.81. The van der Waals surface area contributed by atoms with Crippen LogP contribution in [0.1, 0.15) is 18.4 Å². The van der Waals surface area contributed by atoms with Crippen LogP contribution in [0.4, 0.5) is 0 Å². The highest BCUT2D eigenvalue weighted by Gasteiger charge is 2.21. The van der Waals surface area contributed by atoms with E-state index in [1.807, 2.05) is 25.2 Å². The summed E-state index contributed by atoms with van der Waals surface area (Å²) >= 11 is 0. The third-order valence-corrected chi connectivity index (χ3v) is 2.44. The average molecular weight is 203 g/mol. The minimum Gasteiger partial charge on any atom is -0.354 e. The zero-order valence-electron chi connectivity index (χ0n) is 9.03. The van der Waals surface area contributed by atoms with E-state index in [0.29, 0.717) is 6.04 Å². The summed E-state index contributed by atoms with van der Waals surface area (Å²) < 4.78 is 0. The van der Waals surface area contributed by atoms with Gasteiger partial charge < -0.3 is 10.6 Å². The molecule has 0 amide bonds. The van der Waals surface area contributed by atoms with E-state index in [0.717, 1.165) is 12.5 Å². The highest BCUT2D eigenvalue weighted by Crippen LogP contribution is 2.18. The molecule has 0 bridgehead atoms. The van der Waals surface area contributed by atoms with Crippen molar-refractivity contribution in [2.45, 2.75) is 25.4 Å². The molecular weight excluding hydrogens is 186 g/mol. The third kappa shape index (κ3) is 3.27. The van der Waals surface area contributed by atoms with E-state index in [2.05, 4.69) is 27.8 Å². The summed E-state index contributed by atoms with van der Waals surface area (Å²) in [4.78, 5) is 4.18. The Morgan fingerprint density at radius 3 is 2.67 bits per heavy atom. The van der Waals surface area contributed by atoms with Crippen LogP contribution < -0.4 is 10.6 Å². The molecule has 80 valence electrons. The molecule has 0 heterocycles. The maximum atomic E-state index is 4.18. The van der Waals surface area contributed by atoms with Gasteiger partial charge in [0.2, 0.25) is 0 Å². The first kappa shape index (κ1) is 10.0. The Hall–Kier alpha value is -1.51. The predicted molar refractivity (Wildman–Crippen MR) is 62.8 cm³/mol. The summed E-state index contributed by atoms with van der Waals surface area (Å²) in [5, 5.41) is 6.65. The Morgan fingerprint density at radius 2 is 2.07 bits per heavy atom. The Labute approximate surface area is 90.6 Å². The van der Waals surface area contributed by atoms with Crippen LogP contribution in [-0.2, 0) is 6.54 Å². The van der Waals surface area contributed by atoms with Crippen LogP contribution in [0.5, 0.6) is 0 Å². The fourth-order valence-corrected chi connectivity index (χ4v) is 1.40. The van der Waals surface area contributed by atoms with Gasteiger partial charge in [-0.3, -0.25) is 4.99 Å². The number of rotatable bonds is 3. The van der Waals surface area contributed by atoms with E-state index in [9.17, 15) is 0 Å². The first-order valence-corrected chi connectivity index (χ1v) is 5.39. The molecular formula is C12H17N3. The van der Waals surface area contributed by atoms with Gasteiger partial charge in [-0.1, -0.05) is 30.3 Å². The van der Waals surface area contributed by atoms with Crippen molar-refractivity contribution in [3.8, 4) is 0 Å². The Kier molecular flexibility index (Phi) is 3.22. The van der Waals surface area contributed by atoms with Crippen molar-refractivity contribution in [1.29, 1.82) is 0 Å². The fraction of sp³-hybridized carbons (Fsp3) is 0.417. The molecule has 1 aromatic carbocycles. The van der Waals surface area contributed by atoms with Crippen molar-refractivity contribution in [3.05, 3.63) is 35.9 Å². The maximum absolute atomic E-state index is 4.18. The van der Waals surface area contributed by atoms with E-state index >= 15 is 0 Å². The number of hydrogen-bond acceptors (Lipinski definition) is 1. The smallest absolute Gasteiger partial charge is 0.191 e. The van der Waals surface area contributed by atoms with Crippen LogP contribution >= 0.6 is 0 Å². The standard InChI is InChI=1S/C12H17N3/c1-13-12(15-11-7-8-11)14-9-10-5-3-2-4-6-10/h2-6,11H,7-9H2,1H3,(H2,13,14,15). The summed E-state index contributed by atoms with van der Waals surface area (Å²) in [6.07, 6.45) is 2.54. The van der Waals surface area contributed by atoms with E-state index < -0.39 is 0 Å². The molecule has 1 aliphatic rings. The molecule has 0 unspecified atom stereocenters. The average Bonchev–Trinajstić information content (AvgIpc) is 3.09. The van der Waals surface area contributed by atoms with Crippen molar-refractivity contribution >= 4 is 5.96 Å². The molecule has 1 aliphatic carbocycles. The lowest BCUT2D eigenvalue weighted by molar-refractivity contribution is 0.805.